The van der Waals surface area contributed by atoms with Crippen molar-refractivity contribution in [1.82, 2.24) is 5.32 Å². The summed E-state index contributed by atoms with van der Waals surface area (Å²) in [6.07, 6.45) is -6.84. The minimum absolute atomic E-state index is 0.498. The lowest BCUT2D eigenvalue weighted by Crippen LogP contribution is -2.67. The SMILES string of the molecule is CO[C@]1(C(=O)O)C[C@H](O)[C@@H](NC(C)=O)[C@H]([C@H](O)[C@H](O)CO)O1. The molecule has 1 saturated heterocycles. The van der Waals surface area contributed by atoms with Gasteiger partial charge in [0, 0.05) is 20.5 Å². The predicted molar refractivity (Wildman–Crippen MR) is 69.6 cm³/mol. The molecule has 10 heteroatoms. The largest absolute Gasteiger partial charge is 0.477 e. The van der Waals surface area contributed by atoms with E-state index < -0.39 is 61.1 Å². The van der Waals surface area contributed by atoms with E-state index >= 15 is 0 Å². The van der Waals surface area contributed by atoms with Crippen molar-refractivity contribution in [3.8, 4) is 0 Å². The first-order chi connectivity index (χ1) is 10.2. The van der Waals surface area contributed by atoms with Gasteiger partial charge in [-0.05, 0) is 0 Å². The minimum Gasteiger partial charge on any atom is -0.477 e. The number of carbonyl (C=O) groups is 2. The zero-order valence-corrected chi connectivity index (χ0v) is 12.2. The number of aliphatic hydroxyl groups is 4. The molecule has 6 N–H and O–H groups in total. The van der Waals surface area contributed by atoms with Crippen LogP contribution < -0.4 is 5.32 Å². The summed E-state index contributed by atoms with van der Waals surface area (Å²) in [4.78, 5) is 22.6. The maximum atomic E-state index is 11.3. The van der Waals surface area contributed by atoms with E-state index in [1.165, 1.54) is 0 Å². The summed E-state index contributed by atoms with van der Waals surface area (Å²) in [6, 6.07) is -1.18. The highest BCUT2D eigenvalue weighted by Gasteiger charge is 2.55. The maximum absolute atomic E-state index is 11.3. The third kappa shape index (κ3) is 3.72. The van der Waals surface area contributed by atoms with E-state index in [0.717, 1.165) is 14.0 Å². The molecule has 1 heterocycles. The van der Waals surface area contributed by atoms with Crippen LogP contribution in [0.4, 0.5) is 0 Å². The molecule has 0 aliphatic carbocycles. The minimum atomic E-state index is -2.24. The highest BCUT2D eigenvalue weighted by atomic mass is 16.7. The number of hydrogen-bond donors (Lipinski definition) is 6. The van der Waals surface area contributed by atoms with E-state index in [1.54, 1.807) is 0 Å². The van der Waals surface area contributed by atoms with Crippen LogP contribution in [0.2, 0.25) is 0 Å². The molecule has 0 radical (unpaired) electrons. The van der Waals surface area contributed by atoms with Crippen LogP contribution in [-0.2, 0) is 19.1 Å². The fourth-order valence-electron chi connectivity index (χ4n) is 2.34. The first-order valence-corrected chi connectivity index (χ1v) is 6.57. The fraction of sp³-hybridized carbons (Fsp3) is 0.833. The molecule has 128 valence electrons. The summed E-state index contributed by atoms with van der Waals surface area (Å²) < 4.78 is 10.0. The van der Waals surface area contributed by atoms with Gasteiger partial charge in [-0.1, -0.05) is 0 Å². The Hall–Kier alpha value is -1.30. The van der Waals surface area contributed by atoms with Gasteiger partial charge in [-0.25, -0.2) is 4.79 Å². The summed E-state index contributed by atoms with van der Waals surface area (Å²) in [5, 5.41) is 50.1. The van der Waals surface area contributed by atoms with Crippen molar-refractivity contribution < 1.29 is 44.6 Å². The molecule has 1 aliphatic rings. The van der Waals surface area contributed by atoms with Crippen molar-refractivity contribution in [1.29, 1.82) is 0 Å². The van der Waals surface area contributed by atoms with Gasteiger partial charge >= 0.3 is 5.97 Å². The molecule has 10 nitrogen and oxygen atoms in total. The quantitative estimate of drug-likeness (QED) is 0.295. The average Bonchev–Trinajstić information content (AvgIpc) is 2.46. The Balaban J connectivity index is 3.14. The molecule has 0 saturated carbocycles. The van der Waals surface area contributed by atoms with Gasteiger partial charge in [0.1, 0.15) is 18.3 Å². The molecule has 1 aliphatic heterocycles. The molecule has 0 spiro atoms. The van der Waals surface area contributed by atoms with Crippen LogP contribution in [0.15, 0.2) is 0 Å². The number of nitrogens with one attached hydrogen (secondary N) is 1. The number of rotatable bonds is 6. The molecule has 1 amide bonds. The van der Waals surface area contributed by atoms with Gasteiger partial charge in [-0.15, -0.1) is 0 Å². The smallest absolute Gasteiger partial charge is 0.364 e. The molecule has 0 aromatic rings. The number of carboxylic acids is 1. The van der Waals surface area contributed by atoms with Gasteiger partial charge in [-0.2, -0.15) is 0 Å². The average molecular weight is 323 g/mol. The van der Waals surface area contributed by atoms with E-state index in [2.05, 4.69) is 5.32 Å². The van der Waals surface area contributed by atoms with E-state index in [-0.39, 0.29) is 0 Å². The lowest BCUT2D eigenvalue weighted by Gasteiger charge is -2.46. The molecular formula is C12H21NO9. The predicted octanol–water partition coefficient (Wildman–Crippen LogP) is -3.22. The van der Waals surface area contributed by atoms with Crippen molar-refractivity contribution in [2.45, 2.75) is 49.6 Å². The van der Waals surface area contributed by atoms with Crippen LogP contribution in [0.25, 0.3) is 0 Å². The van der Waals surface area contributed by atoms with Crippen LogP contribution in [0.3, 0.4) is 0 Å². The van der Waals surface area contributed by atoms with Crippen molar-refractivity contribution in [2.24, 2.45) is 0 Å². The van der Waals surface area contributed by atoms with E-state index in [9.17, 15) is 30.0 Å². The zero-order chi connectivity index (χ0) is 17.1. The van der Waals surface area contributed by atoms with Crippen LogP contribution in [0, 0.1) is 0 Å². The number of methoxy groups -OCH3 is 1. The van der Waals surface area contributed by atoms with Crippen molar-refractivity contribution in [3.05, 3.63) is 0 Å². The molecule has 1 rings (SSSR count). The Morgan fingerprint density at radius 2 is 2.05 bits per heavy atom. The van der Waals surface area contributed by atoms with Gasteiger partial charge < -0.3 is 40.3 Å². The highest BCUT2D eigenvalue weighted by molar-refractivity contribution is 5.76. The van der Waals surface area contributed by atoms with Crippen LogP contribution >= 0.6 is 0 Å². The van der Waals surface area contributed by atoms with Crippen LogP contribution in [-0.4, -0.2) is 87.4 Å². The number of amides is 1. The Bertz CT molecular complexity index is 417. The van der Waals surface area contributed by atoms with E-state index in [4.69, 9.17) is 14.6 Å². The Morgan fingerprint density at radius 3 is 2.45 bits per heavy atom. The molecule has 0 aromatic carbocycles. The lowest BCUT2D eigenvalue weighted by molar-refractivity contribution is -0.303. The Morgan fingerprint density at radius 1 is 1.45 bits per heavy atom. The zero-order valence-electron chi connectivity index (χ0n) is 12.2. The second-order valence-electron chi connectivity index (χ2n) is 5.08. The second kappa shape index (κ2) is 7.31. The number of hydrogen-bond acceptors (Lipinski definition) is 8. The first kappa shape index (κ1) is 18.7. The Kier molecular flexibility index (Phi) is 6.23. The van der Waals surface area contributed by atoms with Crippen LogP contribution in [0.1, 0.15) is 13.3 Å². The number of ether oxygens (including phenoxy) is 2. The topological polar surface area (TPSA) is 166 Å². The molecule has 22 heavy (non-hydrogen) atoms. The van der Waals surface area contributed by atoms with Gasteiger partial charge in [0.05, 0.1) is 18.8 Å². The normalized spacial score (nSPS) is 34.7. The summed E-state index contributed by atoms with van der Waals surface area (Å²) in [5.41, 5.74) is 0. The number of aliphatic hydroxyl groups excluding tert-OH is 4. The van der Waals surface area contributed by atoms with Gasteiger partial charge in [0.15, 0.2) is 0 Å². The third-order valence-electron chi connectivity index (χ3n) is 3.52. The number of carboxylic acid groups (broad SMARTS) is 1. The fourth-order valence-corrected chi connectivity index (χ4v) is 2.34. The Labute approximate surface area is 126 Å². The third-order valence-corrected chi connectivity index (χ3v) is 3.52. The van der Waals surface area contributed by atoms with Gasteiger partial charge in [0.2, 0.25) is 5.91 Å². The van der Waals surface area contributed by atoms with Gasteiger partial charge in [-0.3, -0.25) is 4.79 Å². The molecule has 0 bridgehead atoms. The van der Waals surface area contributed by atoms with Crippen molar-refractivity contribution in [3.63, 3.8) is 0 Å². The van der Waals surface area contributed by atoms with E-state index in [1.807, 2.05) is 0 Å². The standard InChI is InChI=1S/C12H21NO9/c1-5(15)13-8-6(16)3-12(21-2,11(19)20)22-10(8)9(18)7(17)4-14/h6-10,14,16-18H,3-4H2,1-2H3,(H,13,15)(H,19,20)/t6-,7+,8+,9+,10+,12+/m0/s1. The maximum Gasteiger partial charge on any atom is 0.364 e. The van der Waals surface area contributed by atoms with Crippen molar-refractivity contribution >= 4 is 11.9 Å². The molecular weight excluding hydrogens is 302 g/mol. The summed E-state index contributed by atoms with van der Waals surface area (Å²) >= 11 is 0. The summed E-state index contributed by atoms with van der Waals surface area (Å²) in [7, 11) is 1.05. The van der Waals surface area contributed by atoms with E-state index in [0.29, 0.717) is 0 Å². The molecule has 0 aromatic heterocycles. The summed E-state index contributed by atoms with van der Waals surface area (Å²) in [5.74, 6) is -4.33. The molecule has 6 atom stereocenters. The first-order valence-electron chi connectivity index (χ1n) is 6.57. The molecule has 1 fully saturated rings. The summed E-state index contributed by atoms with van der Waals surface area (Å²) in [6.45, 7) is 0.338. The van der Waals surface area contributed by atoms with Crippen molar-refractivity contribution in [2.75, 3.05) is 13.7 Å². The molecule has 0 unspecified atom stereocenters. The second-order valence-corrected chi connectivity index (χ2v) is 5.08. The number of aliphatic carboxylic acids is 1. The van der Waals surface area contributed by atoms with Crippen LogP contribution in [0.5, 0.6) is 0 Å². The van der Waals surface area contributed by atoms with Gasteiger partial charge in [0.25, 0.3) is 5.79 Å². The number of carbonyl (C=O) groups excluding carboxylic acids is 1. The highest BCUT2D eigenvalue weighted by Crippen LogP contribution is 2.32. The lowest BCUT2D eigenvalue weighted by atomic mass is 9.88. The monoisotopic (exact) mass is 323 g/mol.